The van der Waals surface area contributed by atoms with E-state index in [0.29, 0.717) is 0 Å². The SMILES string of the molecule is O=P(c1ccc2c(c1)c1ccccc1n2-c1ccccc1)(c1ccc2c(c1)c1ccccc1n2-c1ccccc1)c1ccc2c3cc4c5ccccc5c5ccccc5c4cc3n(-c3ccccc3)c2c1. The van der Waals surface area contributed by atoms with Gasteiger partial charge < -0.3 is 18.3 Å². The van der Waals surface area contributed by atoms with Gasteiger partial charge in [-0.25, -0.2) is 0 Å². The summed E-state index contributed by atoms with van der Waals surface area (Å²) in [5.41, 5.74) is 9.70. The second kappa shape index (κ2) is 15.3. The lowest BCUT2D eigenvalue weighted by atomic mass is 9.93. The van der Waals surface area contributed by atoms with Gasteiger partial charge in [0.1, 0.15) is 0 Å². The maximum Gasteiger partial charge on any atom is 0.171 e. The minimum absolute atomic E-state index is 0.780. The highest BCUT2D eigenvalue weighted by Gasteiger charge is 2.33. The summed E-state index contributed by atoms with van der Waals surface area (Å²) in [5.74, 6) is 0. The van der Waals surface area contributed by atoms with E-state index in [1.54, 1.807) is 0 Å². The average Bonchev–Trinajstić information content (AvgIpc) is 4.08. The van der Waals surface area contributed by atoms with Crippen molar-refractivity contribution in [3.8, 4) is 17.1 Å². The highest BCUT2D eigenvalue weighted by molar-refractivity contribution is 7.85. The van der Waals surface area contributed by atoms with Gasteiger partial charge in [-0.15, -0.1) is 0 Å². The normalized spacial score (nSPS) is 12.3. The van der Waals surface area contributed by atoms with Crippen LogP contribution in [-0.4, -0.2) is 13.7 Å². The number of para-hydroxylation sites is 5. The maximum absolute atomic E-state index is 17.5. The molecule has 0 saturated heterocycles. The van der Waals surface area contributed by atoms with Crippen LogP contribution in [0.1, 0.15) is 0 Å². The first-order chi connectivity index (χ1) is 35.1. The lowest BCUT2D eigenvalue weighted by molar-refractivity contribution is 0.592. The molecule has 332 valence electrons. The quantitative estimate of drug-likeness (QED) is 0.121. The minimum Gasteiger partial charge on any atom is -0.309 e. The Kier molecular flexibility index (Phi) is 8.60. The summed E-state index contributed by atoms with van der Waals surface area (Å²) in [6, 6.07) is 90.9. The van der Waals surface area contributed by atoms with Gasteiger partial charge in [0.2, 0.25) is 0 Å². The van der Waals surface area contributed by atoms with Crippen molar-refractivity contribution in [2.75, 3.05) is 0 Å². The zero-order valence-electron chi connectivity index (χ0n) is 38.4. The summed E-state index contributed by atoms with van der Waals surface area (Å²) in [6.45, 7) is 0. The Hall–Kier alpha value is -8.95. The molecule has 0 saturated carbocycles. The molecule has 0 fully saturated rings. The third-order valence-electron chi connectivity index (χ3n) is 15.1. The van der Waals surface area contributed by atoms with E-state index >= 15 is 4.57 Å². The van der Waals surface area contributed by atoms with E-state index in [2.05, 4.69) is 268 Å². The molecule has 0 spiro atoms. The molecule has 15 rings (SSSR count). The Bertz CT molecular complexity index is 4560. The Labute approximate surface area is 408 Å². The Balaban J connectivity index is 1.04. The lowest BCUT2D eigenvalue weighted by Crippen LogP contribution is -2.25. The van der Waals surface area contributed by atoms with Gasteiger partial charge in [-0.3, -0.25) is 0 Å². The molecule has 0 N–H and O–H groups in total. The lowest BCUT2D eigenvalue weighted by Gasteiger charge is -2.21. The van der Waals surface area contributed by atoms with Crippen molar-refractivity contribution in [2.45, 2.75) is 0 Å². The van der Waals surface area contributed by atoms with Crippen LogP contribution in [-0.2, 0) is 4.57 Å². The smallest absolute Gasteiger partial charge is 0.171 e. The van der Waals surface area contributed by atoms with Crippen LogP contribution in [0, 0.1) is 0 Å². The molecule has 5 heteroatoms. The zero-order valence-corrected chi connectivity index (χ0v) is 39.3. The fourth-order valence-corrected chi connectivity index (χ4v) is 14.6. The topological polar surface area (TPSA) is 31.9 Å². The van der Waals surface area contributed by atoms with Crippen molar-refractivity contribution in [1.82, 2.24) is 13.7 Å². The van der Waals surface area contributed by atoms with Crippen LogP contribution in [0.3, 0.4) is 0 Å². The molecule has 3 aromatic heterocycles. The van der Waals surface area contributed by atoms with E-state index in [0.717, 1.165) is 98.4 Å². The van der Waals surface area contributed by atoms with Crippen LogP contribution in [0.5, 0.6) is 0 Å². The molecule has 0 unspecified atom stereocenters. The van der Waals surface area contributed by atoms with E-state index in [4.69, 9.17) is 0 Å². The van der Waals surface area contributed by atoms with Gasteiger partial charge in [0.25, 0.3) is 0 Å². The highest BCUT2D eigenvalue weighted by atomic mass is 31.2. The van der Waals surface area contributed by atoms with Gasteiger partial charge in [0.15, 0.2) is 7.14 Å². The number of fused-ring (bicyclic) bond motifs is 15. The predicted octanol–water partition coefficient (Wildman–Crippen LogP) is 16.1. The van der Waals surface area contributed by atoms with Gasteiger partial charge in [0, 0.05) is 65.3 Å². The van der Waals surface area contributed by atoms with E-state index < -0.39 is 7.14 Å². The number of benzene rings is 12. The largest absolute Gasteiger partial charge is 0.309 e. The predicted molar refractivity (Wildman–Crippen MR) is 301 cm³/mol. The Morgan fingerprint density at radius 2 is 0.521 bits per heavy atom. The van der Waals surface area contributed by atoms with Crippen LogP contribution < -0.4 is 15.9 Å². The van der Waals surface area contributed by atoms with Crippen LogP contribution in [0.4, 0.5) is 0 Å². The number of rotatable bonds is 6. The first-order valence-electron chi connectivity index (χ1n) is 24.3. The maximum atomic E-state index is 17.5. The van der Waals surface area contributed by atoms with Crippen LogP contribution in [0.15, 0.2) is 255 Å². The van der Waals surface area contributed by atoms with Gasteiger partial charge in [-0.05, 0) is 135 Å². The minimum atomic E-state index is -3.67. The van der Waals surface area contributed by atoms with Crippen LogP contribution >= 0.6 is 7.14 Å². The summed E-state index contributed by atoms with van der Waals surface area (Å²) in [7, 11) is -3.67. The number of aromatic nitrogens is 3. The summed E-state index contributed by atoms with van der Waals surface area (Å²) < 4.78 is 24.5. The standard InChI is InChI=1S/C66H42N3OP/c70-71(46-33-36-63-58(38-46)53-28-14-16-30-61(53)67(63)43-18-4-1-5-19-43,47-34-37-64-59(39-47)54-29-15-17-31-62(54)68(64)44-20-6-2-7-21-44)48-32-35-55-60-41-56-51-26-12-10-24-49(51)50-25-11-13-27-52(50)57(56)42-66(60)69(65(55)40-48)45-22-8-3-9-23-45/h1-42H. The second-order valence-corrected chi connectivity index (χ2v) is 21.5. The molecular weight excluding hydrogens is 882 g/mol. The number of hydrogen-bond acceptors (Lipinski definition) is 1. The van der Waals surface area contributed by atoms with Gasteiger partial charge in [-0.2, -0.15) is 0 Å². The summed E-state index contributed by atoms with van der Waals surface area (Å²) in [4.78, 5) is 0. The van der Waals surface area contributed by atoms with E-state index in [1.165, 1.54) is 32.3 Å². The summed E-state index contributed by atoms with van der Waals surface area (Å²) >= 11 is 0. The van der Waals surface area contributed by atoms with E-state index in [-0.39, 0.29) is 0 Å². The molecule has 0 bridgehead atoms. The van der Waals surface area contributed by atoms with E-state index in [1.807, 2.05) is 0 Å². The number of hydrogen-bond donors (Lipinski definition) is 0. The van der Waals surface area contributed by atoms with Gasteiger partial charge in [0.05, 0.1) is 33.1 Å². The monoisotopic (exact) mass is 923 g/mol. The molecule has 0 aliphatic rings. The molecule has 12 aromatic carbocycles. The average molecular weight is 924 g/mol. The van der Waals surface area contributed by atoms with Crippen LogP contribution in [0.25, 0.3) is 115 Å². The molecule has 15 aromatic rings. The number of nitrogens with zero attached hydrogens (tertiary/aromatic N) is 3. The van der Waals surface area contributed by atoms with Gasteiger partial charge in [-0.1, -0.05) is 152 Å². The molecule has 0 aliphatic carbocycles. The second-order valence-electron chi connectivity index (χ2n) is 18.8. The Morgan fingerprint density at radius 3 is 1.00 bits per heavy atom. The summed E-state index contributed by atoms with van der Waals surface area (Å²) in [5, 5.41) is 16.4. The zero-order chi connectivity index (χ0) is 46.8. The first-order valence-corrected chi connectivity index (χ1v) is 26.0. The fraction of sp³-hybridized carbons (Fsp3) is 0. The molecule has 0 aliphatic heterocycles. The van der Waals surface area contributed by atoms with Gasteiger partial charge >= 0.3 is 0 Å². The molecule has 0 radical (unpaired) electrons. The van der Waals surface area contributed by atoms with Crippen molar-refractivity contribution in [1.29, 1.82) is 0 Å². The van der Waals surface area contributed by atoms with Crippen LogP contribution in [0.2, 0.25) is 0 Å². The molecule has 0 amide bonds. The van der Waals surface area contributed by atoms with Crippen molar-refractivity contribution >= 4 is 121 Å². The van der Waals surface area contributed by atoms with Crippen molar-refractivity contribution < 1.29 is 4.57 Å². The molecular formula is C66H42N3OP. The molecule has 0 atom stereocenters. The van der Waals surface area contributed by atoms with Crippen molar-refractivity contribution in [3.05, 3.63) is 255 Å². The first kappa shape index (κ1) is 40.0. The van der Waals surface area contributed by atoms with E-state index in [9.17, 15) is 0 Å². The fourth-order valence-electron chi connectivity index (χ4n) is 11.9. The third-order valence-corrected chi connectivity index (χ3v) is 18.1. The third kappa shape index (κ3) is 5.77. The Morgan fingerprint density at radius 1 is 0.211 bits per heavy atom. The molecule has 3 heterocycles. The van der Waals surface area contributed by atoms with Crippen molar-refractivity contribution in [3.63, 3.8) is 0 Å². The molecule has 4 nitrogen and oxygen atoms in total. The molecule has 71 heavy (non-hydrogen) atoms. The van der Waals surface area contributed by atoms with Crippen molar-refractivity contribution in [2.24, 2.45) is 0 Å². The summed E-state index contributed by atoms with van der Waals surface area (Å²) in [6.07, 6.45) is 0. The highest BCUT2D eigenvalue weighted by Crippen LogP contribution is 2.48.